The first-order valence-electron chi connectivity index (χ1n) is 5.88. The molecular formula is C14H14N2O3. The van der Waals surface area contributed by atoms with Gasteiger partial charge in [0.15, 0.2) is 5.78 Å². The molecule has 5 nitrogen and oxygen atoms in total. The van der Waals surface area contributed by atoms with E-state index in [1.165, 1.54) is 6.92 Å². The summed E-state index contributed by atoms with van der Waals surface area (Å²) >= 11 is 0. The molecule has 1 amide bonds. The molecule has 0 aromatic heterocycles. The van der Waals surface area contributed by atoms with Crippen LogP contribution in [-0.2, 0) is 4.79 Å². The number of Topliss-reactive ketones (excluding diaryl/α,β-unsaturated/α-hetero) is 2. The minimum absolute atomic E-state index is 0.250. The highest BCUT2D eigenvalue weighted by Gasteiger charge is 2.38. The van der Waals surface area contributed by atoms with Crippen LogP contribution in [0.1, 0.15) is 38.8 Å². The summed E-state index contributed by atoms with van der Waals surface area (Å²) in [6.45, 7) is 4.94. The first-order valence-corrected chi connectivity index (χ1v) is 5.88. The van der Waals surface area contributed by atoms with Crippen LogP contribution < -0.4 is 5.32 Å². The molecule has 0 radical (unpaired) electrons. The molecule has 5 heteroatoms. The lowest BCUT2D eigenvalue weighted by Crippen LogP contribution is -2.51. The van der Waals surface area contributed by atoms with Gasteiger partial charge in [0.1, 0.15) is 11.8 Å². The van der Waals surface area contributed by atoms with Gasteiger partial charge in [-0.1, -0.05) is 0 Å². The van der Waals surface area contributed by atoms with Gasteiger partial charge in [-0.2, -0.15) is 0 Å². The van der Waals surface area contributed by atoms with Gasteiger partial charge in [0, 0.05) is 18.1 Å². The molecule has 2 N–H and O–H groups in total. The van der Waals surface area contributed by atoms with Crippen molar-refractivity contribution in [3.8, 4) is 0 Å². The van der Waals surface area contributed by atoms with E-state index in [9.17, 15) is 14.4 Å². The van der Waals surface area contributed by atoms with Crippen molar-refractivity contribution >= 4 is 23.2 Å². The lowest BCUT2D eigenvalue weighted by atomic mass is 9.82. The van der Waals surface area contributed by atoms with E-state index in [2.05, 4.69) is 5.32 Å². The van der Waals surface area contributed by atoms with E-state index in [1.54, 1.807) is 12.1 Å². The van der Waals surface area contributed by atoms with Crippen molar-refractivity contribution in [1.29, 1.82) is 5.41 Å². The number of benzene rings is 1. The van der Waals surface area contributed by atoms with Crippen molar-refractivity contribution in [3.05, 3.63) is 34.4 Å². The monoisotopic (exact) mass is 258 g/mol. The predicted octanol–water partition coefficient (Wildman–Crippen LogP) is 1.21. The van der Waals surface area contributed by atoms with E-state index in [1.807, 2.05) is 13.8 Å². The summed E-state index contributed by atoms with van der Waals surface area (Å²) in [6, 6.07) is 2.11. The molecule has 1 aromatic rings. The SMILES string of the molecule is CC(=O)NC1C(=N)C(=O)c2cc(C)c(C)cc2C1=O. The van der Waals surface area contributed by atoms with Crippen molar-refractivity contribution in [2.75, 3.05) is 0 Å². The number of hydrogen-bond acceptors (Lipinski definition) is 4. The standard InChI is InChI=1S/C14H14N2O3/c1-6-4-9-10(5-7(6)2)14(19)12(16-8(3)17)11(15)13(9)18/h4-5,12,15H,1-3H3,(H,16,17). The van der Waals surface area contributed by atoms with Crippen LogP contribution in [0.3, 0.4) is 0 Å². The molecule has 0 aliphatic heterocycles. The third-order valence-electron chi connectivity index (χ3n) is 3.29. The maximum absolute atomic E-state index is 12.3. The van der Waals surface area contributed by atoms with Gasteiger partial charge in [-0.05, 0) is 37.1 Å². The largest absolute Gasteiger partial charge is 0.341 e. The Morgan fingerprint density at radius 1 is 1.16 bits per heavy atom. The maximum atomic E-state index is 12.3. The molecule has 0 fully saturated rings. The number of rotatable bonds is 1. The third-order valence-corrected chi connectivity index (χ3v) is 3.29. The van der Waals surface area contributed by atoms with Crippen LogP contribution in [0.5, 0.6) is 0 Å². The van der Waals surface area contributed by atoms with Crippen LogP contribution in [0.4, 0.5) is 0 Å². The molecule has 1 aromatic carbocycles. The van der Waals surface area contributed by atoms with E-state index in [0.29, 0.717) is 0 Å². The molecular weight excluding hydrogens is 244 g/mol. The second kappa shape index (κ2) is 4.42. The molecule has 0 saturated heterocycles. The molecule has 1 atom stereocenters. The lowest BCUT2D eigenvalue weighted by molar-refractivity contribution is -0.119. The van der Waals surface area contributed by atoms with Crippen LogP contribution in [-0.4, -0.2) is 29.2 Å². The highest BCUT2D eigenvalue weighted by atomic mass is 16.2. The summed E-state index contributed by atoms with van der Waals surface area (Å²) in [4.78, 5) is 35.4. The highest BCUT2D eigenvalue weighted by Crippen LogP contribution is 2.23. The van der Waals surface area contributed by atoms with Gasteiger partial charge in [0.05, 0.1) is 0 Å². The van der Waals surface area contributed by atoms with Crippen LogP contribution in [0.2, 0.25) is 0 Å². The van der Waals surface area contributed by atoms with Crippen molar-refractivity contribution in [2.24, 2.45) is 0 Å². The zero-order valence-corrected chi connectivity index (χ0v) is 11.0. The van der Waals surface area contributed by atoms with Gasteiger partial charge in [-0.15, -0.1) is 0 Å². The molecule has 0 bridgehead atoms. The fraction of sp³-hybridized carbons (Fsp3) is 0.286. The Labute approximate surface area is 110 Å². The Morgan fingerprint density at radius 2 is 1.68 bits per heavy atom. The maximum Gasteiger partial charge on any atom is 0.217 e. The summed E-state index contributed by atoms with van der Waals surface area (Å²) in [5.41, 5.74) is 1.94. The van der Waals surface area contributed by atoms with Crippen LogP contribution >= 0.6 is 0 Å². The molecule has 1 unspecified atom stereocenters. The summed E-state index contributed by atoms with van der Waals surface area (Å²) in [5.74, 6) is -1.35. The lowest BCUT2D eigenvalue weighted by Gasteiger charge is -2.24. The number of hydrogen-bond donors (Lipinski definition) is 2. The van der Waals surface area contributed by atoms with E-state index < -0.39 is 23.5 Å². The molecule has 0 spiro atoms. The van der Waals surface area contributed by atoms with E-state index in [0.717, 1.165) is 11.1 Å². The topological polar surface area (TPSA) is 87.1 Å². The summed E-state index contributed by atoms with van der Waals surface area (Å²) < 4.78 is 0. The minimum Gasteiger partial charge on any atom is -0.341 e. The van der Waals surface area contributed by atoms with Crippen molar-refractivity contribution in [2.45, 2.75) is 26.8 Å². The van der Waals surface area contributed by atoms with Crippen molar-refractivity contribution in [3.63, 3.8) is 0 Å². The highest BCUT2D eigenvalue weighted by molar-refractivity contribution is 6.54. The third kappa shape index (κ3) is 2.07. The fourth-order valence-electron chi connectivity index (χ4n) is 2.11. The van der Waals surface area contributed by atoms with Crippen molar-refractivity contribution < 1.29 is 14.4 Å². The van der Waals surface area contributed by atoms with E-state index in [4.69, 9.17) is 5.41 Å². The Bertz CT molecular complexity index is 632. The van der Waals surface area contributed by atoms with E-state index in [-0.39, 0.29) is 16.8 Å². The number of aryl methyl sites for hydroxylation is 2. The number of amides is 1. The molecule has 1 aliphatic rings. The van der Waals surface area contributed by atoms with E-state index >= 15 is 0 Å². The van der Waals surface area contributed by atoms with Gasteiger partial charge >= 0.3 is 0 Å². The fourth-order valence-corrected chi connectivity index (χ4v) is 2.11. The summed E-state index contributed by atoms with van der Waals surface area (Å²) in [5, 5.41) is 10.1. The van der Waals surface area contributed by atoms with Crippen LogP contribution in [0.15, 0.2) is 12.1 Å². The van der Waals surface area contributed by atoms with Gasteiger partial charge in [0.2, 0.25) is 11.7 Å². The Kier molecular flexibility index (Phi) is 3.06. The van der Waals surface area contributed by atoms with Gasteiger partial charge < -0.3 is 5.32 Å². The molecule has 0 heterocycles. The molecule has 2 rings (SSSR count). The Balaban J connectivity index is 2.59. The molecule has 98 valence electrons. The predicted molar refractivity (Wildman–Crippen MR) is 69.9 cm³/mol. The van der Waals surface area contributed by atoms with Crippen LogP contribution in [0.25, 0.3) is 0 Å². The minimum atomic E-state index is -1.17. The average molecular weight is 258 g/mol. The van der Waals surface area contributed by atoms with Crippen molar-refractivity contribution in [1.82, 2.24) is 5.32 Å². The zero-order valence-electron chi connectivity index (χ0n) is 11.0. The average Bonchev–Trinajstić information content (AvgIpc) is 2.34. The zero-order chi connectivity index (χ0) is 14.3. The number of carbonyl (C=O) groups excluding carboxylic acids is 3. The summed E-state index contributed by atoms with van der Waals surface area (Å²) in [7, 11) is 0. The number of ketones is 2. The Morgan fingerprint density at radius 3 is 2.21 bits per heavy atom. The Hall–Kier alpha value is -2.30. The first-order chi connectivity index (χ1) is 8.82. The van der Waals surface area contributed by atoms with Gasteiger partial charge in [0.25, 0.3) is 0 Å². The quantitative estimate of drug-likeness (QED) is 0.793. The number of carbonyl (C=O) groups is 3. The molecule has 19 heavy (non-hydrogen) atoms. The number of nitrogens with one attached hydrogen (secondary N) is 2. The normalized spacial score (nSPS) is 18.3. The smallest absolute Gasteiger partial charge is 0.217 e. The van der Waals surface area contributed by atoms with Gasteiger partial charge in [-0.3, -0.25) is 19.8 Å². The summed E-state index contributed by atoms with van der Waals surface area (Å²) in [6.07, 6.45) is 0. The molecule has 1 aliphatic carbocycles. The second-order valence-corrected chi connectivity index (χ2v) is 4.72. The first kappa shape index (κ1) is 13.1. The van der Waals surface area contributed by atoms with Gasteiger partial charge in [-0.25, -0.2) is 0 Å². The second-order valence-electron chi connectivity index (χ2n) is 4.72. The number of fused-ring (bicyclic) bond motifs is 1. The van der Waals surface area contributed by atoms with Crippen LogP contribution in [0, 0.1) is 19.3 Å². The molecule has 0 saturated carbocycles.